The highest BCUT2D eigenvalue weighted by molar-refractivity contribution is 6.09. The molecule has 0 amide bonds. The van der Waals surface area contributed by atoms with E-state index in [9.17, 15) is 4.79 Å². The summed E-state index contributed by atoms with van der Waals surface area (Å²) >= 11 is 0. The van der Waals surface area contributed by atoms with Gasteiger partial charge in [0.1, 0.15) is 16.9 Å². The van der Waals surface area contributed by atoms with Crippen molar-refractivity contribution in [2.75, 3.05) is 32.5 Å². The lowest BCUT2D eigenvalue weighted by Crippen LogP contribution is -2.21. The summed E-state index contributed by atoms with van der Waals surface area (Å²) in [4.78, 5) is 22.9. The molecule has 6 nitrogen and oxygen atoms in total. The van der Waals surface area contributed by atoms with E-state index < -0.39 is 0 Å². The Morgan fingerprint density at radius 3 is 2.88 bits per heavy atom. The first-order chi connectivity index (χ1) is 12.0. The van der Waals surface area contributed by atoms with Gasteiger partial charge in [-0.25, -0.2) is 4.98 Å². The van der Waals surface area contributed by atoms with Crippen LogP contribution in [-0.4, -0.2) is 42.1 Å². The van der Waals surface area contributed by atoms with Gasteiger partial charge in [-0.1, -0.05) is 12.1 Å². The predicted molar refractivity (Wildman–Crippen MR) is 101 cm³/mol. The van der Waals surface area contributed by atoms with Crippen LogP contribution in [0, 0.1) is 6.92 Å². The van der Waals surface area contributed by atoms with E-state index in [4.69, 9.17) is 4.42 Å². The van der Waals surface area contributed by atoms with Gasteiger partial charge in [0, 0.05) is 13.1 Å². The standard InChI is InChI=1S/C19H20N4O2/c1-11-21-14-10-13(20-8-9-23(2)3)16-18(24)12-6-4-5-7-15(12)25-19(16)17(14)22-11/h4-7,10,20H,8-9H2,1-3H3,(H,21,22). The van der Waals surface area contributed by atoms with E-state index in [-0.39, 0.29) is 5.43 Å². The summed E-state index contributed by atoms with van der Waals surface area (Å²) in [5.74, 6) is 0.789. The summed E-state index contributed by atoms with van der Waals surface area (Å²) in [7, 11) is 4.03. The highest BCUT2D eigenvalue weighted by atomic mass is 16.3. The quantitative estimate of drug-likeness (QED) is 0.560. The molecule has 6 heteroatoms. The average Bonchev–Trinajstić information content (AvgIpc) is 2.95. The smallest absolute Gasteiger partial charge is 0.202 e. The van der Waals surface area contributed by atoms with Crippen LogP contribution in [0.3, 0.4) is 0 Å². The fraction of sp³-hybridized carbons (Fsp3) is 0.263. The minimum absolute atomic E-state index is 0.0354. The monoisotopic (exact) mass is 336 g/mol. The van der Waals surface area contributed by atoms with Crippen LogP contribution in [0.1, 0.15) is 5.82 Å². The molecule has 4 aromatic rings. The van der Waals surface area contributed by atoms with E-state index in [1.165, 1.54) is 0 Å². The van der Waals surface area contributed by atoms with Crippen LogP contribution in [0.25, 0.3) is 33.0 Å². The molecule has 0 saturated heterocycles. The normalized spacial score (nSPS) is 11.8. The van der Waals surface area contributed by atoms with Gasteiger partial charge < -0.3 is 19.6 Å². The second kappa shape index (κ2) is 5.89. The SMILES string of the molecule is Cc1nc2c(cc(NCCN(C)C)c3c(=O)c4ccccc4oc32)[nH]1. The van der Waals surface area contributed by atoms with Gasteiger partial charge in [0.25, 0.3) is 0 Å². The predicted octanol–water partition coefficient (Wildman–Crippen LogP) is 3.10. The van der Waals surface area contributed by atoms with E-state index in [1.54, 1.807) is 6.07 Å². The fourth-order valence-electron chi connectivity index (χ4n) is 3.11. The number of para-hydroxylation sites is 1. The van der Waals surface area contributed by atoms with Gasteiger partial charge in [0.15, 0.2) is 5.58 Å². The highest BCUT2D eigenvalue weighted by Gasteiger charge is 2.17. The molecule has 25 heavy (non-hydrogen) atoms. The molecule has 128 valence electrons. The van der Waals surface area contributed by atoms with Crippen LogP contribution >= 0.6 is 0 Å². The zero-order chi connectivity index (χ0) is 17.6. The molecule has 0 unspecified atom stereocenters. The molecule has 0 bridgehead atoms. The number of aromatic amines is 1. The van der Waals surface area contributed by atoms with Crippen molar-refractivity contribution in [3.63, 3.8) is 0 Å². The number of fused-ring (bicyclic) bond motifs is 4. The third kappa shape index (κ3) is 2.64. The van der Waals surface area contributed by atoms with Crippen molar-refractivity contribution in [1.29, 1.82) is 0 Å². The molecule has 0 fully saturated rings. The van der Waals surface area contributed by atoms with Crippen LogP contribution < -0.4 is 10.7 Å². The molecule has 4 rings (SSSR count). The Labute approximate surface area is 144 Å². The molecule has 2 N–H and O–H groups in total. The molecule has 0 atom stereocenters. The Balaban J connectivity index is 2.04. The molecule has 0 aliphatic carbocycles. The second-order valence-electron chi connectivity index (χ2n) is 6.50. The molecular weight excluding hydrogens is 316 g/mol. The van der Waals surface area contributed by atoms with Gasteiger partial charge in [0.05, 0.1) is 22.0 Å². The minimum Gasteiger partial charge on any atom is -0.453 e. The number of rotatable bonds is 4. The molecule has 2 heterocycles. The Morgan fingerprint density at radius 1 is 1.28 bits per heavy atom. The minimum atomic E-state index is -0.0354. The summed E-state index contributed by atoms with van der Waals surface area (Å²) in [5.41, 5.74) is 3.38. The zero-order valence-electron chi connectivity index (χ0n) is 14.5. The van der Waals surface area contributed by atoms with Gasteiger partial charge in [-0.05, 0) is 39.2 Å². The van der Waals surface area contributed by atoms with Crippen molar-refractivity contribution in [3.8, 4) is 0 Å². The number of nitrogens with one attached hydrogen (secondary N) is 2. The number of likely N-dealkylation sites (N-methyl/N-ethyl adjacent to an activating group) is 1. The maximum absolute atomic E-state index is 13.1. The lowest BCUT2D eigenvalue weighted by Gasteiger charge is -2.13. The summed E-state index contributed by atoms with van der Waals surface area (Å²) in [6, 6.07) is 9.27. The first kappa shape index (κ1) is 15.7. The van der Waals surface area contributed by atoms with Gasteiger partial charge in [0.2, 0.25) is 5.43 Å². The van der Waals surface area contributed by atoms with Crippen LogP contribution in [0.5, 0.6) is 0 Å². The van der Waals surface area contributed by atoms with Crippen molar-refractivity contribution in [2.45, 2.75) is 6.92 Å². The van der Waals surface area contributed by atoms with Gasteiger partial charge >= 0.3 is 0 Å². The summed E-state index contributed by atoms with van der Waals surface area (Å²) in [6.45, 7) is 3.48. The van der Waals surface area contributed by atoms with Crippen molar-refractivity contribution >= 4 is 38.7 Å². The van der Waals surface area contributed by atoms with Crippen molar-refractivity contribution in [2.24, 2.45) is 0 Å². The summed E-state index contributed by atoms with van der Waals surface area (Å²) in [6.07, 6.45) is 0. The number of hydrogen-bond acceptors (Lipinski definition) is 5. The topological polar surface area (TPSA) is 74.2 Å². The van der Waals surface area contributed by atoms with Gasteiger partial charge in [-0.2, -0.15) is 0 Å². The number of benzene rings is 2. The van der Waals surface area contributed by atoms with Crippen LogP contribution in [0.2, 0.25) is 0 Å². The van der Waals surface area contributed by atoms with Crippen molar-refractivity contribution in [3.05, 3.63) is 46.4 Å². The highest BCUT2D eigenvalue weighted by Crippen LogP contribution is 2.31. The lowest BCUT2D eigenvalue weighted by atomic mass is 10.1. The number of aromatic nitrogens is 2. The molecule has 0 aliphatic rings. The maximum Gasteiger partial charge on any atom is 0.202 e. The zero-order valence-corrected chi connectivity index (χ0v) is 14.5. The van der Waals surface area contributed by atoms with E-state index in [0.717, 1.165) is 30.1 Å². The number of H-pyrrole nitrogens is 1. The molecule has 0 radical (unpaired) electrons. The molecular formula is C19H20N4O2. The average molecular weight is 336 g/mol. The van der Waals surface area contributed by atoms with Crippen molar-refractivity contribution in [1.82, 2.24) is 14.9 Å². The fourth-order valence-corrected chi connectivity index (χ4v) is 3.11. The summed E-state index contributed by atoms with van der Waals surface area (Å²) in [5, 5.41) is 4.51. The first-order valence-electron chi connectivity index (χ1n) is 8.28. The molecule has 0 saturated carbocycles. The van der Waals surface area contributed by atoms with E-state index in [0.29, 0.717) is 27.5 Å². The third-order valence-corrected chi connectivity index (χ3v) is 4.30. The Hall–Kier alpha value is -2.86. The Kier molecular flexibility index (Phi) is 3.69. The lowest BCUT2D eigenvalue weighted by molar-refractivity contribution is 0.425. The molecule has 0 spiro atoms. The number of imidazole rings is 1. The number of anilines is 1. The molecule has 2 aromatic carbocycles. The van der Waals surface area contributed by atoms with Gasteiger partial charge in [-0.3, -0.25) is 4.79 Å². The van der Waals surface area contributed by atoms with Gasteiger partial charge in [-0.15, -0.1) is 0 Å². The van der Waals surface area contributed by atoms with E-state index >= 15 is 0 Å². The number of nitrogens with zero attached hydrogens (tertiary/aromatic N) is 2. The Bertz CT molecular complexity index is 1140. The summed E-state index contributed by atoms with van der Waals surface area (Å²) < 4.78 is 6.09. The number of hydrogen-bond donors (Lipinski definition) is 2. The third-order valence-electron chi connectivity index (χ3n) is 4.30. The van der Waals surface area contributed by atoms with Crippen LogP contribution in [0.4, 0.5) is 5.69 Å². The van der Waals surface area contributed by atoms with Crippen molar-refractivity contribution < 1.29 is 4.42 Å². The van der Waals surface area contributed by atoms with Crippen LogP contribution in [0.15, 0.2) is 39.5 Å². The molecule has 0 aliphatic heterocycles. The van der Waals surface area contributed by atoms with E-state index in [1.807, 2.05) is 45.3 Å². The molecule has 2 aromatic heterocycles. The number of aryl methyl sites for hydroxylation is 1. The first-order valence-corrected chi connectivity index (χ1v) is 8.28. The largest absolute Gasteiger partial charge is 0.453 e. The maximum atomic E-state index is 13.1. The van der Waals surface area contributed by atoms with Crippen LogP contribution in [-0.2, 0) is 0 Å². The second-order valence-corrected chi connectivity index (χ2v) is 6.50. The Morgan fingerprint density at radius 2 is 2.08 bits per heavy atom. The van der Waals surface area contributed by atoms with E-state index in [2.05, 4.69) is 20.2 Å².